The Morgan fingerprint density at radius 3 is 2.37 bits per heavy atom. The van der Waals surface area contributed by atoms with Crippen LogP contribution in [0, 0.1) is 23.2 Å². The van der Waals surface area contributed by atoms with Gasteiger partial charge in [0, 0.05) is 35.6 Å². The van der Waals surface area contributed by atoms with E-state index in [4.69, 9.17) is 0 Å². The van der Waals surface area contributed by atoms with Crippen molar-refractivity contribution in [2.75, 3.05) is 0 Å². The highest BCUT2D eigenvalue weighted by Gasteiger charge is 2.51. The summed E-state index contributed by atoms with van der Waals surface area (Å²) in [5.74, 6) is 3.15. The molecule has 2 heteroatoms. The second kappa shape index (κ2) is 6.79. The summed E-state index contributed by atoms with van der Waals surface area (Å²) in [7, 11) is 0. The molecule has 4 fully saturated rings. The SMILES string of the molecule is CCCCCn1cc(C(=O)CC23CC4CC(CC(C4)C2)C3)c2ccccc21. The summed E-state index contributed by atoms with van der Waals surface area (Å²) in [6.07, 6.45) is 14.9. The van der Waals surface area contributed by atoms with Gasteiger partial charge in [-0.3, -0.25) is 4.79 Å². The van der Waals surface area contributed by atoms with Crippen LogP contribution in [0.1, 0.15) is 81.5 Å². The fourth-order valence-corrected chi connectivity index (χ4v) is 7.13. The molecule has 4 aliphatic carbocycles. The highest BCUT2D eigenvalue weighted by molar-refractivity contribution is 6.08. The number of benzene rings is 1. The highest BCUT2D eigenvalue weighted by atomic mass is 16.1. The van der Waals surface area contributed by atoms with E-state index in [9.17, 15) is 4.79 Å². The van der Waals surface area contributed by atoms with Crippen LogP contribution in [0.25, 0.3) is 10.9 Å². The fraction of sp³-hybridized carbons (Fsp3) is 0.640. The van der Waals surface area contributed by atoms with Crippen LogP contribution in [0.2, 0.25) is 0 Å². The van der Waals surface area contributed by atoms with Gasteiger partial charge in [0.2, 0.25) is 0 Å². The number of hydrogen-bond acceptors (Lipinski definition) is 1. The average molecular weight is 364 g/mol. The van der Waals surface area contributed by atoms with Crippen molar-refractivity contribution in [1.29, 1.82) is 0 Å². The van der Waals surface area contributed by atoms with Crippen LogP contribution in [0.4, 0.5) is 0 Å². The number of aromatic nitrogens is 1. The average Bonchev–Trinajstić information content (AvgIpc) is 3.00. The Hall–Kier alpha value is -1.57. The molecule has 0 amide bonds. The second-order valence-corrected chi connectivity index (χ2v) is 9.98. The molecule has 2 nitrogen and oxygen atoms in total. The Labute approximate surface area is 163 Å². The monoisotopic (exact) mass is 363 g/mol. The molecule has 0 saturated heterocycles. The van der Waals surface area contributed by atoms with Gasteiger partial charge in [-0.15, -0.1) is 0 Å². The van der Waals surface area contributed by atoms with E-state index in [1.807, 2.05) is 0 Å². The van der Waals surface area contributed by atoms with Gasteiger partial charge in [0.25, 0.3) is 0 Å². The van der Waals surface area contributed by atoms with E-state index in [-0.39, 0.29) is 0 Å². The van der Waals surface area contributed by atoms with E-state index in [0.717, 1.165) is 36.3 Å². The zero-order valence-corrected chi connectivity index (χ0v) is 16.8. The van der Waals surface area contributed by atoms with Gasteiger partial charge in [-0.1, -0.05) is 38.0 Å². The molecule has 1 heterocycles. The predicted octanol–water partition coefficient (Wildman–Crippen LogP) is 6.62. The summed E-state index contributed by atoms with van der Waals surface area (Å²) < 4.78 is 2.33. The van der Waals surface area contributed by atoms with E-state index < -0.39 is 0 Å². The van der Waals surface area contributed by atoms with E-state index in [1.54, 1.807) is 0 Å². The second-order valence-electron chi connectivity index (χ2n) is 9.98. The summed E-state index contributed by atoms with van der Waals surface area (Å²) in [6, 6.07) is 8.52. The summed E-state index contributed by atoms with van der Waals surface area (Å²) in [6.45, 7) is 3.27. The lowest BCUT2D eigenvalue weighted by atomic mass is 9.48. The molecule has 6 rings (SSSR count). The van der Waals surface area contributed by atoms with Crippen LogP contribution in [0.5, 0.6) is 0 Å². The van der Waals surface area contributed by atoms with Gasteiger partial charge in [-0.05, 0) is 74.2 Å². The molecule has 4 aliphatic rings. The summed E-state index contributed by atoms with van der Waals surface area (Å²) >= 11 is 0. The number of carbonyl (C=O) groups excluding carboxylic acids is 1. The lowest BCUT2D eigenvalue weighted by molar-refractivity contribution is -0.0523. The third kappa shape index (κ3) is 3.15. The Balaban J connectivity index is 1.41. The Morgan fingerprint density at radius 2 is 1.70 bits per heavy atom. The maximum Gasteiger partial charge on any atom is 0.165 e. The van der Waals surface area contributed by atoms with Gasteiger partial charge in [-0.25, -0.2) is 0 Å². The summed E-state index contributed by atoms with van der Waals surface area (Å²) in [4.78, 5) is 13.5. The molecule has 1 aromatic heterocycles. The topological polar surface area (TPSA) is 22.0 Å². The highest BCUT2D eigenvalue weighted by Crippen LogP contribution is 2.61. The number of aryl methyl sites for hydroxylation is 1. The molecule has 1 aromatic carbocycles. The molecule has 0 radical (unpaired) electrons. The lowest BCUT2D eigenvalue weighted by Gasteiger charge is -2.56. The minimum absolute atomic E-state index is 0.331. The third-order valence-electron chi connectivity index (χ3n) is 7.79. The predicted molar refractivity (Wildman–Crippen MR) is 111 cm³/mol. The van der Waals surface area contributed by atoms with Crippen molar-refractivity contribution in [3.8, 4) is 0 Å². The van der Waals surface area contributed by atoms with Crippen molar-refractivity contribution < 1.29 is 4.79 Å². The molecule has 4 bridgehead atoms. The summed E-state index contributed by atoms with van der Waals surface area (Å²) in [5.41, 5.74) is 2.55. The zero-order chi connectivity index (χ0) is 18.4. The molecule has 0 atom stereocenters. The van der Waals surface area contributed by atoms with Crippen LogP contribution in [0.15, 0.2) is 30.5 Å². The molecule has 27 heavy (non-hydrogen) atoms. The molecule has 0 unspecified atom stereocenters. The minimum atomic E-state index is 0.331. The number of carbonyl (C=O) groups is 1. The molecular formula is C25H33NO. The first-order valence-electron chi connectivity index (χ1n) is 11.3. The van der Waals surface area contributed by atoms with E-state index >= 15 is 0 Å². The van der Waals surface area contributed by atoms with Crippen molar-refractivity contribution in [3.05, 3.63) is 36.0 Å². The number of ketones is 1. The smallest absolute Gasteiger partial charge is 0.165 e. The molecule has 0 spiro atoms. The molecule has 0 N–H and O–H groups in total. The number of rotatable bonds is 7. The Kier molecular flexibility index (Phi) is 4.41. The third-order valence-corrected chi connectivity index (χ3v) is 7.79. The van der Waals surface area contributed by atoms with Crippen LogP contribution < -0.4 is 0 Å². The molecule has 4 saturated carbocycles. The number of unbranched alkanes of at least 4 members (excludes halogenated alkanes) is 2. The maximum atomic E-state index is 13.5. The van der Waals surface area contributed by atoms with Crippen molar-refractivity contribution in [2.45, 2.75) is 77.7 Å². The van der Waals surface area contributed by atoms with Crippen LogP contribution in [-0.2, 0) is 6.54 Å². The van der Waals surface area contributed by atoms with Gasteiger partial charge in [0.15, 0.2) is 5.78 Å². The molecule has 144 valence electrons. The Morgan fingerprint density at radius 1 is 1.04 bits per heavy atom. The molecule has 0 aliphatic heterocycles. The first kappa shape index (κ1) is 17.5. The van der Waals surface area contributed by atoms with E-state index in [2.05, 4.69) is 42.0 Å². The minimum Gasteiger partial charge on any atom is -0.347 e. The van der Waals surface area contributed by atoms with Crippen LogP contribution >= 0.6 is 0 Å². The number of para-hydroxylation sites is 1. The quantitative estimate of drug-likeness (QED) is 0.400. The number of Topliss-reactive ketones (excluding diaryl/α,β-unsaturated/α-hetero) is 1. The lowest BCUT2D eigenvalue weighted by Crippen LogP contribution is -2.46. The number of hydrogen-bond donors (Lipinski definition) is 0. The summed E-state index contributed by atoms with van der Waals surface area (Å²) in [5, 5.41) is 1.17. The van der Waals surface area contributed by atoms with Crippen LogP contribution in [0.3, 0.4) is 0 Å². The zero-order valence-electron chi connectivity index (χ0n) is 16.8. The van der Waals surface area contributed by atoms with Gasteiger partial charge in [0.05, 0.1) is 0 Å². The molecule has 2 aromatic rings. The van der Waals surface area contributed by atoms with Gasteiger partial charge < -0.3 is 4.57 Å². The van der Waals surface area contributed by atoms with Crippen molar-refractivity contribution in [2.24, 2.45) is 23.2 Å². The van der Waals surface area contributed by atoms with E-state index in [1.165, 1.54) is 68.7 Å². The first-order valence-corrected chi connectivity index (χ1v) is 11.3. The largest absolute Gasteiger partial charge is 0.347 e. The maximum absolute atomic E-state index is 13.5. The van der Waals surface area contributed by atoms with Gasteiger partial charge >= 0.3 is 0 Å². The fourth-order valence-electron chi connectivity index (χ4n) is 7.13. The van der Waals surface area contributed by atoms with Crippen molar-refractivity contribution in [1.82, 2.24) is 4.57 Å². The standard InChI is InChI=1S/C25H33NO/c1-2-3-6-9-26-17-22(21-7-4-5-8-23(21)26)24(27)16-25-13-18-10-19(14-25)12-20(11-18)15-25/h4-5,7-8,17-20H,2-3,6,9-16H2,1H3. The normalized spacial score (nSPS) is 31.7. The van der Waals surface area contributed by atoms with Crippen LogP contribution in [-0.4, -0.2) is 10.4 Å². The first-order chi connectivity index (χ1) is 13.2. The van der Waals surface area contributed by atoms with Crippen molar-refractivity contribution >= 4 is 16.7 Å². The van der Waals surface area contributed by atoms with Gasteiger partial charge in [-0.2, -0.15) is 0 Å². The Bertz CT molecular complexity index is 810. The van der Waals surface area contributed by atoms with Gasteiger partial charge in [0.1, 0.15) is 0 Å². The number of fused-ring (bicyclic) bond motifs is 1. The van der Waals surface area contributed by atoms with Crippen molar-refractivity contribution in [3.63, 3.8) is 0 Å². The number of nitrogens with zero attached hydrogens (tertiary/aromatic N) is 1. The molecular weight excluding hydrogens is 330 g/mol. The van der Waals surface area contributed by atoms with E-state index in [0.29, 0.717) is 11.2 Å².